The van der Waals surface area contributed by atoms with Gasteiger partial charge in [-0.1, -0.05) is 0 Å². The Balaban J connectivity index is 1.98. The number of piperidine rings is 1. The lowest BCUT2D eigenvalue weighted by atomic mass is 10.1. The number of amides is 1. The number of carbonyl (C=O) groups is 1. The van der Waals surface area contributed by atoms with E-state index < -0.39 is 12.5 Å². The fourth-order valence-corrected chi connectivity index (χ4v) is 2.34. The van der Waals surface area contributed by atoms with E-state index in [1.54, 1.807) is 19.1 Å². The largest absolute Gasteiger partial charge is 0.522 e. The summed E-state index contributed by atoms with van der Waals surface area (Å²) in [6, 6.07) is 3.22. The molecule has 0 atom stereocenters. The first-order valence-electron chi connectivity index (χ1n) is 7.02. The number of carbonyl (C=O) groups excluding carboxylic acids is 1. The molecule has 1 aliphatic heterocycles. The van der Waals surface area contributed by atoms with Crippen LogP contribution in [0.2, 0.25) is 0 Å². The van der Waals surface area contributed by atoms with Gasteiger partial charge in [-0.3, -0.25) is 9.53 Å². The topological polar surface area (TPSA) is 51.7 Å². The Bertz CT molecular complexity index is 514. The molecule has 1 aromatic rings. The van der Waals surface area contributed by atoms with Crippen molar-refractivity contribution >= 4 is 5.91 Å². The normalized spacial score (nSPS) is 16.6. The quantitative estimate of drug-likeness (QED) is 0.856. The average molecular weight is 318 g/mol. The van der Waals surface area contributed by atoms with E-state index in [0.717, 1.165) is 0 Å². The number of pyridine rings is 1. The minimum Gasteiger partial charge on any atom is -0.477 e. The molecule has 1 fully saturated rings. The summed E-state index contributed by atoms with van der Waals surface area (Å²) in [4.78, 5) is 17.9. The van der Waals surface area contributed by atoms with Crippen LogP contribution in [0.5, 0.6) is 5.88 Å². The first kappa shape index (κ1) is 16.5. The van der Waals surface area contributed by atoms with Crippen molar-refractivity contribution < 1.29 is 27.4 Å². The third-order valence-electron chi connectivity index (χ3n) is 3.31. The Kier molecular flexibility index (Phi) is 5.23. The number of rotatable bonds is 4. The maximum absolute atomic E-state index is 12.4. The highest BCUT2D eigenvalue weighted by Gasteiger charge is 2.36. The monoisotopic (exact) mass is 318 g/mol. The Morgan fingerprint density at radius 3 is 2.68 bits per heavy atom. The number of hydrogen-bond acceptors (Lipinski definition) is 4. The highest BCUT2D eigenvalue weighted by Crippen LogP contribution is 2.26. The van der Waals surface area contributed by atoms with Crippen LogP contribution in [0.1, 0.15) is 30.1 Å². The molecule has 0 bridgehead atoms. The third kappa shape index (κ3) is 4.33. The highest BCUT2D eigenvalue weighted by molar-refractivity contribution is 5.96. The second kappa shape index (κ2) is 6.95. The number of nitrogens with zero attached hydrogens (tertiary/aromatic N) is 2. The molecule has 0 spiro atoms. The van der Waals surface area contributed by atoms with Gasteiger partial charge in [0.15, 0.2) is 0 Å². The Labute approximate surface area is 126 Å². The predicted molar refractivity (Wildman–Crippen MR) is 71.5 cm³/mol. The molecule has 0 aromatic carbocycles. The van der Waals surface area contributed by atoms with Crippen molar-refractivity contribution in [3.8, 4) is 5.88 Å². The molecular weight excluding hydrogens is 301 g/mol. The standard InChI is InChI=1S/C14H17F3N2O3/c1-2-21-12-11(4-3-7-18-12)13(20)19-8-5-10(6-9-19)22-14(15,16)17/h3-4,7,10H,2,5-6,8-9H2,1H3. The zero-order valence-corrected chi connectivity index (χ0v) is 12.1. The van der Waals surface area contributed by atoms with Gasteiger partial charge in [-0.15, -0.1) is 13.2 Å². The van der Waals surface area contributed by atoms with Crippen molar-refractivity contribution in [3.05, 3.63) is 23.9 Å². The van der Waals surface area contributed by atoms with Crippen LogP contribution in [-0.2, 0) is 4.74 Å². The van der Waals surface area contributed by atoms with Crippen molar-refractivity contribution in [3.63, 3.8) is 0 Å². The van der Waals surface area contributed by atoms with Crippen LogP contribution in [-0.4, -0.2) is 48.0 Å². The molecule has 1 amide bonds. The molecule has 0 N–H and O–H groups in total. The van der Waals surface area contributed by atoms with Crippen LogP contribution in [0, 0.1) is 0 Å². The van der Waals surface area contributed by atoms with Crippen LogP contribution in [0.25, 0.3) is 0 Å². The zero-order valence-electron chi connectivity index (χ0n) is 12.1. The highest BCUT2D eigenvalue weighted by atomic mass is 19.4. The van der Waals surface area contributed by atoms with Crippen LogP contribution >= 0.6 is 0 Å². The summed E-state index contributed by atoms with van der Waals surface area (Å²) >= 11 is 0. The smallest absolute Gasteiger partial charge is 0.477 e. The first-order chi connectivity index (χ1) is 10.4. The lowest BCUT2D eigenvalue weighted by Crippen LogP contribution is -2.42. The number of aromatic nitrogens is 1. The van der Waals surface area contributed by atoms with Crippen LogP contribution < -0.4 is 4.74 Å². The van der Waals surface area contributed by atoms with Crippen molar-refractivity contribution in [2.24, 2.45) is 0 Å². The van der Waals surface area contributed by atoms with Crippen molar-refractivity contribution in [1.29, 1.82) is 0 Å². The second-order valence-corrected chi connectivity index (χ2v) is 4.84. The Morgan fingerprint density at radius 2 is 2.09 bits per heavy atom. The summed E-state index contributed by atoms with van der Waals surface area (Å²) < 4.78 is 45.8. The average Bonchev–Trinajstić information content (AvgIpc) is 2.47. The van der Waals surface area contributed by atoms with E-state index in [4.69, 9.17) is 4.74 Å². The minimum atomic E-state index is -4.64. The van der Waals surface area contributed by atoms with Gasteiger partial charge in [-0.2, -0.15) is 0 Å². The summed E-state index contributed by atoms with van der Waals surface area (Å²) in [6.45, 7) is 2.57. The number of hydrogen-bond donors (Lipinski definition) is 0. The summed E-state index contributed by atoms with van der Waals surface area (Å²) in [5, 5.41) is 0. The molecule has 2 rings (SSSR count). The molecule has 0 saturated carbocycles. The van der Waals surface area contributed by atoms with Gasteiger partial charge in [-0.05, 0) is 31.9 Å². The molecule has 1 saturated heterocycles. The van der Waals surface area contributed by atoms with E-state index in [-0.39, 0.29) is 37.7 Å². The number of likely N-dealkylation sites (tertiary alicyclic amines) is 1. The molecule has 5 nitrogen and oxygen atoms in total. The van der Waals surface area contributed by atoms with Crippen molar-refractivity contribution in [2.75, 3.05) is 19.7 Å². The van der Waals surface area contributed by atoms with Gasteiger partial charge < -0.3 is 9.64 Å². The number of ether oxygens (including phenoxy) is 2. The van der Waals surface area contributed by atoms with Crippen molar-refractivity contribution in [2.45, 2.75) is 32.2 Å². The fourth-order valence-electron chi connectivity index (χ4n) is 2.34. The SMILES string of the molecule is CCOc1ncccc1C(=O)N1CCC(OC(F)(F)F)CC1. The minimum absolute atomic E-state index is 0.148. The van der Waals surface area contributed by atoms with E-state index in [9.17, 15) is 18.0 Å². The molecular formula is C14H17F3N2O3. The van der Waals surface area contributed by atoms with E-state index in [0.29, 0.717) is 12.2 Å². The molecule has 1 aromatic heterocycles. The lowest BCUT2D eigenvalue weighted by molar-refractivity contribution is -0.345. The molecule has 2 heterocycles. The van der Waals surface area contributed by atoms with E-state index in [1.807, 2.05) is 0 Å². The van der Waals surface area contributed by atoms with Crippen LogP contribution in [0.4, 0.5) is 13.2 Å². The summed E-state index contributed by atoms with van der Waals surface area (Å²) in [5.41, 5.74) is 0.319. The zero-order chi connectivity index (χ0) is 16.2. The molecule has 0 aliphatic carbocycles. The summed E-state index contributed by atoms with van der Waals surface area (Å²) in [5.74, 6) is -0.0503. The van der Waals surface area contributed by atoms with Crippen LogP contribution in [0.15, 0.2) is 18.3 Å². The predicted octanol–water partition coefficient (Wildman–Crippen LogP) is 2.62. The molecule has 8 heteroatoms. The second-order valence-electron chi connectivity index (χ2n) is 4.84. The third-order valence-corrected chi connectivity index (χ3v) is 3.31. The maximum Gasteiger partial charge on any atom is 0.522 e. The van der Waals surface area contributed by atoms with Gasteiger partial charge in [0.2, 0.25) is 5.88 Å². The number of alkyl halides is 3. The van der Waals surface area contributed by atoms with E-state index in [2.05, 4.69) is 9.72 Å². The van der Waals surface area contributed by atoms with E-state index >= 15 is 0 Å². The van der Waals surface area contributed by atoms with Crippen molar-refractivity contribution in [1.82, 2.24) is 9.88 Å². The molecule has 22 heavy (non-hydrogen) atoms. The van der Waals surface area contributed by atoms with Gasteiger partial charge in [0.25, 0.3) is 5.91 Å². The number of halogens is 3. The van der Waals surface area contributed by atoms with Crippen LogP contribution in [0.3, 0.4) is 0 Å². The van der Waals surface area contributed by atoms with Gasteiger partial charge in [-0.25, -0.2) is 4.98 Å². The first-order valence-corrected chi connectivity index (χ1v) is 7.02. The lowest BCUT2D eigenvalue weighted by Gasteiger charge is -2.32. The maximum atomic E-state index is 12.4. The Hall–Kier alpha value is -1.83. The van der Waals surface area contributed by atoms with Gasteiger partial charge in [0.05, 0.1) is 12.7 Å². The van der Waals surface area contributed by atoms with Gasteiger partial charge in [0, 0.05) is 19.3 Å². The molecule has 0 radical (unpaired) electrons. The van der Waals surface area contributed by atoms with Gasteiger partial charge >= 0.3 is 6.36 Å². The van der Waals surface area contributed by atoms with Gasteiger partial charge in [0.1, 0.15) is 5.56 Å². The molecule has 1 aliphatic rings. The van der Waals surface area contributed by atoms with E-state index in [1.165, 1.54) is 11.1 Å². The summed E-state index contributed by atoms with van der Waals surface area (Å²) in [6.07, 6.45) is -3.72. The molecule has 0 unspecified atom stereocenters. The summed E-state index contributed by atoms with van der Waals surface area (Å²) in [7, 11) is 0. The fraction of sp³-hybridized carbons (Fsp3) is 0.571. The molecule has 122 valence electrons. The Morgan fingerprint density at radius 1 is 1.41 bits per heavy atom.